The van der Waals surface area contributed by atoms with Crippen LogP contribution in [0.5, 0.6) is 5.75 Å². The van der Waals surface area contributed by atoms with Gasteiger partial charge >= 0.3 is 0 Å². The molecule has 2 atom stereocenters. The zero-order valence-electron chi connectivity index (χ0n) is 33.0. The first-order valence-electron chi connectivity index (χ1n) is 21.0. The molecule has 12 rings (SSSR count). The first kappa shape index (κ1) is 34.7. The first-order valence-corrected chi connectivity index (χ1v) is 21.0. The van der Waals surface area contributed by atoms with Crippen LogP contribution < -0.4 is 4.74 Å². The molecule has 3 aliphatic carbocycles. The highest BCUT2D eigenvalue weighted by Gasteiger charge is 2.55. The Morgan fingerprint density at radius 3 is 1.95 bits per heavy atom. The maximum Gasteiger partial charge on any atom is 0.161 e. The van der Waals surface area contributed by atoms with E-state index in [-0.39, 0.29) is 11.3 Å². The Morgan fingerprint density at radius 1 is 0.483 bits per heavy atom. The molecule has 1 aliphatic heterocycles. The van der Waals surface area contributed by atoms with Crippen LogP contribution in [-0.2, 0) is 5.41 Å². The molecule has 0 saturated heterocycles. The molecular formula is C57H40N2O. The van der Waals surface area contributed by atoms with Crippen molar-refractivity contribution in [3.8, 4) is 61.9 Å². The highest BCUT2D eigenvalue weighted by Crippen LogP contribution is 2.63. The summed E-state index contributed by atoms with van der Waals surface area (Å²) in [6, 6.07) is 59.3. The van der Waals surface area contributed by atoms with Crippen LogP contribution in [0.15, 0.2) is 212 Å². The second-order valence-corrected chi connectivity index (χ2v) is 16.3. The van der Waals surface area contributed by atoms with Crippen molar-refractivity contribution in [3.05, 3.63) is 234 Å². The Labute approximate surface area is 350 Å². The number of hydrogen-bond donors (Lipinski definition) is 0. The first-order chi connectivity index (χ1) is 29.8. The van der Waals surface area contributed by atoms with E-state index < -0.39 is 0 Å². The SMILES string of the molecule is C1=CCC(c2ccc(-c3cc(-c4ccccc4)nc(-c4ccccc4-c4ccc5c(c4)OC4=CC=CCC4C54c5ccccc5-c5ccccc54)n3)c3ccccc23)C=C1. The number of allylic oxidation sites excluding steroid dienone is 8. The molecule has 2 unspecified atom stereocenters. The monoisotopic (exact) mass is 768 g/mol. The van der Waals surface area contributed by atoms with Crippen LogP contribution in [-0.4, -0.2) is 9.97 Å². The van der Waals surface area contributed by atoms with Crippen LogP contribution in [0.3, 0.4) is 0 Å². The lowest BCUT2D eigenvalue weighted by molar-refractivity contribution is 0.253. The molecule has 1 spiro atoms. The molecular weight excluding hydrogens is 729 g/mol. The van der Waals surface area contributed by atoms with Crippen molar-refractivity contribution in [1.29, 1.82) is 0 Å². The second-order valence-electron chi connectivity index (χ2n) is 16.3. The lowest BCUT2D eigenvalue weighted by Gasteiger charge is -2.46. The fourth-order valence-electron chi connectivity index (χ4n) is 10.5. The Balaban J connectivity index is 1.03. The van der Waals surface area contributed by atoms with E-state index in [0.29, 0.717) is 11.7 Å². The van der Waals surface area contributed by atoms with Crippen LogP contribution in [0.4, 0.5) is 0 Å². The average molecular weight is 769 g/mol. The van der Waals surface area contributed by atoms with Crippen LogP contribution in [0.1, 0.15) is 41.0 Å². The predicted octanol–water partition coefficient (Wildman–Crippen LogP) is 14.1. The van der Waals surface area contributed by atoms with Crippen LogP contribution in [0.25, 0.3) is 66.9 Å². The maximum atomic E-state index is 6.98. The van der Waals surface area contributed by atoms with E-state index in [1.165, 1.54) is 44.2 Å². The molecule has 0 N–H and O–H groups in total. The van der Waals surface area contributed by atoms with Gasteiger partial charge in [0.15, 0.2) is 5.82 Å². The van der Waals surface area contributed by atoms with Crippen molar-refractivity contribution in [3.63, 3.8) is 0 Å². The van der Waals surface area contributed by atoms with E-state index in [9.17, 15) is 0 Å². The van der Waals surface area contributed by atoms with Gasteiger partial charge in [-0.05, 0) is 80.8 Å². The van der Waals surface area contributed by atoms with Gasteiger partial charge in [0.2, 0.25) is 0 Å². The standard InChI is InChI=1S/C57H40N2O/c1-3-17-37(18-4-1)41-32-33-46(43-23-9-8-22-42(41)43)53-36-52(38-19-5-2-6-20-38)58-56(59-53)47-26-10-7-21-40(47)39-31-34-51-55(35-39)60-54-30-16-15-29-50(54)57(51)48-27-13-11-24-44(48)45-25-12-14-28-49(45)57/h1-17,19-28,30-37,50H,18,29H2. The Morgan fingerprint density at radius 2 is 1.17 bits per heavy atom. The second kappa shape index (κ2) is 13.9. The number of hydrogen-bond acceptors (Lipinski definition) is 3. The molecule has 1 aromatic heterocycles. The van der Waals surface area contributed by atoms with Crippen molar-refractivity contribution in [2.75, 3.05) is 0 Å². The largest absolute Gasteiger partial charge is 0.461 e. The smallest absolute Gasteiger partial charge is 0.161 e. The van der Waals surface area contributed by atoms with Crippen molar-refractivity contribution in [1.82, 2.24) is 9.97 Å². The van der Waals surface area contributed by atoms with Crippen LogP contribution >= 0.6 is 0 Å². The molecule has 284 valence electrons. The van der Waals surface area contributed by atoms with Crippen LogP contribution in [0.2, 0.25) is 0 Å². The minimum atomic E-state index is -0.375. The highest BCUT2D eigenvalue weighted by atomic mass is 16.5. The zero-order chi connectivity index (χ0) is 39.6. The Hall–Kier alpha value is -7.36. The normalized spacial score (nSPS) is 17.7. The molecule has 0 bridgehead atoms. The third-order valence-corrected chi connectivity index (χ3v) is 13.2. The summed E-state index contributed by atoms with van der Waals surface area (Å²) < 4.78 is 6.98. The quantitative estimate of drug-likeness (QED) is 0.175. The van der Waals surface area contributed by atoms with E-state index in [2.05, 4.69) is 206 Å². The molecule has 4 aliphatic rings. The molecule has 0 amide bonds. The molecule has 0 radical (unpaired) electrons. The summed E-state index contributed by atoms with van der Waals surface area (Å²) in [5.41, 5.74) is 14.5. The molecule has 60 heavy (non-hydrogen) atoms. The lowest BCUT2D eigenvalue weighted by atomic mass is 9.60. The van der Waals surface area contributed by atoms with Gasteiger partial charge in [-0.2, -0.15) is 0 Å². The molecule has 0 fully saturated rings. The van der Waals surface area contributed by atoms with Crippen molar-refractivity contribution in [2.24, 2.45) is 5.92 Å². The van der Waals surface area contributed by atoms with E-state index >= 15 is 0 Å². The van der Waals surface area contributed by atoms with Gasteiger partial charge in [-0.25, -0.2) is 9.97 Å². The minimum absolute atomic E-state index is 0.145. The van der Waals surface area contributed by atoms with Crippen molar-refractivity contribution in [2.45, 2.75) is 24.2 Å². The molecule has 2 heterocycles. The molecule has 0 saturated carbocycles. The van der Waals surface area contributed by atoms with Gasteiger partial charge in [0.05, 0.1) is 16.8 Å². The zero-order valence-corrected chi connectivity index (χ0v) is 33.0. The topological polar surface area (TPSA) is 35.0 Å². The lowest BCUT2D eigenvalue weighted by Crippen LogP contribution is -2.42. The summed E-state index contributed by atoms with van der Waals surface area (Å²) >= 11 is 0. The van der Waals surface area contributed by atoms with E-state index in [0.717, 1.165) is 63.6 Å². The van der Waals surface area contributed by atoms with Gasteiger partial charge in [-0.1, -0.05) is 188 Å². The minimum Gasteiger partial charge on any atom is -0.461 e. The van der Waals surface area contributed by atoms with Crippen molar-refractivity contribution >= 4 is 10.8 Å². The molecule has 3 nitrogen and oxygen atoms in total. The van der Waals surface area contributed by atoms with Gasteiger partial charge < -0.3 is 4.74 Å². The van der Waals surface area contributed by atoms with Gasteiger partial charge in [-0.3, -0.25) is 0 Å². The average Bonchev–Trinajstić information content (AvgIpc) is 3.62. The predicted molar refractivity (Wildman–Crippen MR) is 245 cm³/mol. The van der Waals surface area contributed by atoms with E-state index in [4.69, 9.17) is 14.7 Å². The van der Waals surface area contributed by atoms with Crippen LogP contribution in [0, 0.1) is 5.92 Å². The number of ether oxygens (including phenoxy) is 1. The summed E-state index contributed by atoms with van der Waals surface area (Å²) in [7, 11) is 0. The molecule has 3 heteroatoms. The summed E-state index contributed by atoms with van der Waals surface area (Å²) in [4.78, 5) is 10.8. The Bertz CT molecular complexity index is 3100. The number of nitrogens with zero attached hydrogens (tertiary/aromatic N) is 2. The van der Waals surface area contributed by atoms with E-state index in [1.807, 2.05) is 0 Å². The summed E-state index contributed by atoms with van der Waals surface area (Å²) in [5.74, 6) is 3.07. The van der Waals surface area contributed by atoms with E-state index in [1.54, 1.807) is 0 Å². The third kappa shape index (κ3) is 5.29. The van der Waals surface area contributed by atoms with Crippen molar-refractivity contribution < 1.29 is 4.74 Å². The van der Waals surface area contributed by atoms with Gasteiger partial charge in [0.1, 0.15) is 11.5 Å². The van der Waals surface area contributed by atoms with Gasteiger partial charge in [0.25, 0.3) is 0 Å². The number of fused-ring (bicyclic) bond motifs is 10. The maximum absolute atomic E-state index is 6.98. The Kier molecular flexibility index (Phi) is 8.02. The fraction of sp³-hybridized carbons (Fsp3) is 0.0877. The third-order valence-electron chi connectivity index (χ3n) is 13.2. The molecule has 8 aromatic rings. The highest BCUT2D eigenvalue weighted by molar-refractivity contribution is 5.99. The summed E-state index contributed by atoms with van der Waals surface area (Å²) in [5, 5.41) is 2.45. The summed E-state index contributed by atoms with van der Waals surface area (Å²) in [6.45, 7) is 0. The number of benzene rings is 7. The van der Waals surface area contributed by atoms with Gasteiger partial charge in [0, 0.05) is 34.1 Å². The summed E-state index contributed by atoms with van der Waals surface area (Å²) in [6.07, 6.45) is 17.4. The number of aromatic nitrogens is 2. The fourth-order valence-corrected chi connectivity index (χ4v) is 10.5. The molecule has 7 aromatic carbocycles. The van der Waals surface area contributed by atoms with Gasteiger partial charge in [-0.15, -0.1) is 0 Å². The number of rotatable bonds is 5.